The van der Waals surface area contributed by atoms with Gasteiger partial charge in [-0.1, -0.05) is 42.5 Å². The van der Waals surface area contributed by atoms with Crippen LogP contribution in [0.15, 0.2) is 72.8 Å². The first-order valence-corrected chi connectivity index (χ1v) is 11.0. The van der Waals surface area contributed by atoms with E-state index in [0.717, 1.165) is 18.4 Å². The molecule has 5 heteroatoms. The predicted molar refractivity (Wildman–Crippen MR) is 127 cm³/mol. The van der Waals surface area contributed by atoms with E-state index >= 15 is 0 Å². The van der Waals surface area contributed by atoms with Crippen LogP contribution in [0.5, 0.6) is 17.2 Å². The van der Waals surface area contributed by atoms with Crippen molar-refractivity contribution in [1.29, 1.82) is 0 Å². The van der Waals surface area contributed by atoms with Crippen molar-refractivity contribution in [3.8, 4) is 17.2 Å². The maximum Gasteiger partial charge on any atom is 0.251 e. The molecule has 0 bridgehead atoms. The SMILES string of the molecule is CCOc1ccc(C(=O)N[C@@H](C)CCc2ccccc2)cc1COc1ccccc1OC. The minimum atomic E-state index is -0.104. The normalized spacial score (nSPS) is 11.5. The summed E-state index contributed by atoms with van der Waals surface area (Å²) in [6.07, 6.45) is 1.79. The van der Waals surface area contributed by atoms with Crippen molar-refractivity contribution < 1.29 is 19.0 Å². The molecule has 0 fully saturated rings. The number of carbonyl (C=O) groups excluding carboxylic acids is 1. The number of nitrogens with one attached hydrogen (secondary N) is 1. The predicted octanol–water partition coefficient (Wildman–Crippen LogP) is 5.42. The lowest BCUT2D eigenvalue weighted by molar-refractivity contribution is 0.0938. The molecule has 1 atom stereocenters. The van der Waals surface area contributed by atoms with Crippen LogP contribution in [-0.4, -0.2) is 25.7 Å². The minimum Gasteiger partial charge on any atom is -0.493 e. The van der Waals surface area contributed by atoms with Gasteiger partial charge in [-0.2, -0.15) is 0 Å². The second-order valence-corrected chi connectivity index (χ2v) is 7.59. The van der Waals surface area contributed by atoms with Gasteiger partial charge in [-0.3, -0.25) is 4.79 Å². The van der Waals surface area contributed by atoms with Crippen LogP contribution in [-0.2, 0) is 13.0 Å². The lowest BCUT2D eigenvalue weighted by Crippen LogP contribution is -2.33. The fourth-order valence-electron chi connectivity index (χ4n) is 3.43. The molecule has 0 saturated heterocycles. The maximum absolute atomic E-state index is 12.8. The highest BCUT2D eigenvalue weighted by Gasteiger charge is 2.14. The summed E-state index contributed by atoms with van der Waals surface area (Å²) < 4.78 is 17.1. The number of aryl methyl sites for hydroxylation is 1. The summed E-state index contributed by atoms with van der Waals surface area (Å²) in [5.74, 6) is 1.90. The van der Waals surface area contributed by atoms with E-state index in [2.05, 4.69) is 17.4 Å². The third-order valence-corrected chi connectivity index (χ3v) is 5.16. The molecule has 1 amide bonds. The van der Waals surface area contributed by atoms with Gasteiger partial charge in [-0.05, 0) is 62.6 Å². The van der Waals surface area contributed by atoms with Crippen LogP contribution in [0.3, 0.4) is 0 Å². The molecule has 168 valence electrons. The van der Waals surface area contributed by atoms with E-state index in [4.69, 9.17) is 14.2 Å². The third-order valence-electron chi connectivity index (χ3n) is 5.16. The van der Waals surface area contributed by atoms with Crippen molar-refractivity contribution >= 4 is 5.91 Å². The van der Waals surface area contributed by atoms with E-state index in [1.54, 1.807) is 13.2 Å². The third kappa shape index (κ3) is 6.51. The summed E-state index contributed by atoms with van der Waals surface area (Å²) in [5, 5.41) is 3.10. The van der Waals surface area contributed by atoms with Gasteiger partial charge in [0.2, 0.25) is 0 Å². The standard InChI is InChI=1S/C27H31NO4/c1-4-31-24-17-16-22(18-23(24)19-32-26-13-9-8-12-25(26)30-3)27(29)28-20(2)14-15-21-10-6-5-7-11-21/h5-13,16-18,20H,4,14-15,19H2,1-3H3,(H,28,29)/t20-/m0/s1. The first kappa shape index (κ1) is 23.2. The Kier molecular flexibility index (Phi) is 8.55. The quantitative estimate of drug-likeness (QED) is 0.438. The molecule has 3 rings (SSSR count). The van der Waals surface area contributed by atoms with Crippen LogP contribution in [0.1, 0.15) is 41.8 Å². The van der Waals surface area contributed by atoms with Crippen LogP contribution < -0.4 is 19.5 Å². The summed E-state index contributed by atoms with van der Waals surface area (Å²) in [5.41, 5.74) is 2.66. The Hall–Kier alpha value is -3.47. The fourth-order valence-corrected chi connectivity index (χ4v) is 3.43. The van der Waals surface area contributed by atoms with Gasteiger partial charge in [-0.25, -0.2) is 0 Å². The van der Waals surface area contributed by atoms with Crippen LogP contribution >= 0.6 is 0 Å². The summed E-state index contributed by atoms with van der Waals surface area (Å²) in [7, 11) is 1.61. The molecule has 0 heterocycles. The van der Waals surface area contributed by atoms with Gasteiger partial charge in [0.05, 0.1) is 13.7 Å². The number of rotatable bonds is 11. The number of carbonyl (C=O) groups is 1. The van der Waals surface area contributed by atoms with Crippen LogP contribution in [0, 0.1) is 0 Å². The number of amides is 1. The number of ether oxygens (including phenoxy) is 3. The zero-order chi connectivity index (χ0) is 22.8. The summed E-state index contributed by atoms with van der Waals surface area (Å²) in [4.78, 5) is 12.8. The Morgan fingerprint density at radius 2 is 1.62 bits per heavy atom. The van der Waals surface area contributed by atoms with Crippen LogP contribution in [0.2, 0.25) is 0 Å². The highest BCUT2D eigenvalue weighted by Crippen LogP contribution is 2.28. The highest BCUT2D eigenvalue weighted by atomic mass is 16.5. The number of hydrogen-bond acceptors (Lipinski definition) is 4. The van der Waals surface area contributed by atoms with Crippen LogP contribution in [0.4, 0.5) is 0 Å². The first-order valence-electron chi connectivity index (χ1n) is 11.0. The summed E-state index contributed by atoms with van der Waals surface area (Å²) in [6.45, 7) is 4.76. The van der Waals surface area contributed by atoms with E-state index < -0.39 is 0 Å². The number of benzene rings is 3. The van der Waals surface area contributed by atoms with E-state index in [9.17, 15) is 4.79 Å². The second-order valence-electron chi connectivity index (χ2n) is 7.59. The lowest BCUT2D eigenvalue weighted by Gasteiger charge is -2.16. The molecule has 3 aromatic carbocycles. The van der Waals surface area contributed by atoms with Crippen LogP contribution in [0.25, 0.3) is 0 Å². The number of para-hydroxylation sites is 2. The molecule has 0 aliphatic heterocycles. The molecule has 0 spiro atoms. The molecule has 0 saturated carbocycles. The number of methoxy groups -OCH3 is 1. The molecule has 0 radical (unpaired) electrons. The Balaban J connectivity index is 1.66. The molecular formula is C27H31NO4. The molecule has 0 aliphatic carbocycles. The minimum absolute atomic E-state index is 0.0579. The van der Waals surface area contributed by atoms with Crippen molar-refractivity contribution in [3.63, 3.8) is 0 Å². The smallest absolute Gasteiger partial charge is 0.251 e. The summed E-state index contributed by atoms with van der Waals surface area (Å²) >= 11 is 0. The first-order chi connectivity index (χ1) is 15.6. The molecule has 32 heavy (non-hydrogen) atoms. The van der Waals surface area contributed by atoms with E-state index in [0.29, 0.717) is 29.4 Å². The molecule has 3 aromatic rings. The van der Waals surface area contributed by atoms with Gasteiger partial charge in [-0.15, -0.1) is 0 Å². The van der Waals surface area contributed by atoms with Gasteiger partial charge in [0, 0.05) is 17.2 Å². The molecule has 0 aliphatic rings. The molecule has 1 N–H and O–H groups in total. The molecule has 0 unspecified atom stereocenters. The van der Waals surface area contributed by atoms with Crippen molar-refractivity contribution in [2.75, 3.05) is 13.7 Å². The Morgan fingerprint density at radius 3 is 2.34 bits per heavy atom. The van der Waals surface area contributed by atoms with Gasteiger partial charge < -0.3 is 19.5 Å². The van der Waals surface area contributed by atoms with Crippen molar-refractivity contribution in [2.45, 2.75) is 39.3 Å². The van der Waals surface area contributed by atoms with E-state index in [1.165, 1.54) is 5.56 Å². The van der Waals surface area contributed by atoms with Gasteiger partial charge in [0.1, 0.15) is 12.4 Å². The Labute approximate surface area is 190 Å². The fraction of sp³-hybridized carbons (Fsp3) is 0.296. The Morgan fingerprint density at radius 1 is 0.906 bits per heavy atom. The van der Waals surface area contributed by atoms with E-state index in [-0.39, 0.29) is 18.6 Å². The number of hydrogen-bond donors (Lipinski definition) is 1. The highest BCUT2D eigenvalue weighted by molar-refractivity contribution is 5.94. The average molecular weight is 434 g/mol. The lowest BCUT2D eigenvalue weighted by atomic mass is 10.1. The van der Waals surface area contributed by atoms with Crippen molar-refractivity contribution in [2.24, 2.45) is 0 Å². The molecule has 5 nitrogen and oxygen atoms in total. The Bertz CT molecular complexity index is 1000. The maximum atomic E-state index is 12.8. The summed E-state index contributed by atoms with van der Waals surface area (Å²) in [6, 6.07) is 23.3. The molecule has 0 aromatic heterocycles. The monoisotopic (exact) mass is 433 g/mol. The second kappa shape index (κ2) is 11.8. The van der Waals surface area contributed by atoms with Crippen molar-refractivity contribution in [1.82, 2.24) is 5.32 Å². The zero-order valence-electron chi connectivity index (χ0n) is 19.0. The topological polar surface area (TPSA) is 56.8 Å². The van der Waals surface area contributed by atoms with Gasteiger partial charge in [0.25, 0.3) is 5.91 Å². The van der Waals surface area contributed by atoms with Gasteiger partial charge in [0.15, 0.2) is 11.5 Å². The average Bonchev–Trinajstić information content (AvgIpc) is 2.83. The molecular weight excluding hydrogens is 402 g/mol. The zero-order valence-corrected chi connectivity index (χ0v) is 19.0. The van der Waals surface area contributed by atoms with Gasteiger partial charge >= 0.3 is 0 Å². The van der Waals surface area contributed by atoms with E-state index in [1.807, 2.05) is 68.4 Å². The largest absolute Gasteiger partial charge is 0.493 e. The van der Waals surface area contributed by atoms with Crippen molar-refractivity contribution in [3.05, 3.63) is 89.5 Å².